The summed E-state index contributed by atoms with van der Waals surface area (Å²) in [5, 5.41) is 3.51. The van der Waals surface area contributed by atoms with E-state index >= 15 is 0 Å². The van der Waals surface area contributed by atoms with Crippen LogP contribution < -0.4 is 10.2 Å². The van der Waals surface area contributed by atoms with E-state index in [1.165, 1.54) is 11.3 Å². The van der Waals surface area contributed by atoms with Crippen molar-refractivity contribution in [1.29, 1.82) is 0 Å². The summed E-state index contributed by atoms with van der Waals surface area (Å²) >= 11 is 0. The number of aromatic nitrogens is 2. The van der Waals surface area contributed by atoms with E-state index < -0.39 is 0 Å². The summed E-state index contributed by atoms with van der Waals surface area (Å²) in [5.74, 6) is 1.64. The number of para-hydroxylation sites is 1. The maximum Gasteiger partial charge on any atom is 0.232 e. The number of fused-ring (bicyclic) bond motifs is 1. The Morgan fingerprint density at radius 1 is 1.03 bits per heavy atom. The van der Waals surface area contributed by atoms with Gasteiger partial charge in [-0.15, -0.1) is 0 Å². The average molecular weight is 388 g/mol. The zero-order valence-corrected chi connectivity index (χ0v) is 17.5. The van der Waals surface area contributed by atoms with Gasteiger partial charge in [0.2, 0.25) is 5.95 Å². The molecule has 0 radical (unpaired) electrons. The molecular weight excluding hydrogens is 358 g/mol. The van der Waals surface area contributed by atoms with Crippen molar-refractivity contribution in [1.82, 2.24) is 14.9 Å². The van der Waals surface area contributed by atoms with Crippen molar-refractivity contribution in [3.05, 3.63) is 66.2 Å². The molecule has 0 amide bonds. The Morgan fingerprint density at radius 2 is 1.79 bits per heavy atom. The maximum atomic E-state index is 4.96. The molecule has 2 heterocycles. The van der Waals surface area contributed by atoms with E-state index in [-0.39, 0.29) is 0 Å². The van der Waals surface area contributed by atoms with Crippen molar-refractivity contribution in [3.63, 3.8) is 0 Å². The highest BCUT2D eigenvalue weighted by atomic mass is 15.3. The van der Waals surface area contributed by atoms with Crippen LogP contribution in [0.2, 0.25) is 0 Å². The molecule has 0 saturated carbocycles. The van der Waals surface area contributed by atoms with Crippen LogP contribution in [0.4, 0.5) is 17.5 Å². The summed E-state index contributed by atoms with van der Waals surface area (Å²) in [5.41, 5.74) is 4.62. The Balaban J connectivity index is 1.68. The summed E-state index contributed by atoms with van der Waals surface area (Å²) in [4.78, 5) is 14.3. The molecule has 5 heteroatoms. The molecule has 2 aromatic carbocycles. The van der Waals surface area contributed by atoms with Gasteiger partial charge in [0, 0.05) is 29.9 Å². The summed E-state index contributed by atoms with van der Waals surface area (Å²) in [6, 6.07) is 21.3. The molecule has 0 spiro atoms. The van der Waals surface area contributed by atoms with E-state index in [1.54, 1.807) is 0 Å². The van der Waals surface area contributed by atoms with Gasteiger partial charge < -0.3 is 15.1 Å². The minimum atomic E-state index is 0.333. The van der Waals surface area contributed by atoms with Crippen molar-refractivity contribution < 1.29 is 0 Å². The lowest BCUT2D eigenvalue weighted by Gasteiger charge is -2.24. The lowest BCUT2D eigenvalue weighted by atomic mass is 10.1. The molecule has 150 valence electrons. The molecule has 1 unspecified atom stereocenters. The number of hydrogen-bond acceptors (Lipinski definition) is 5. The second-order valence-electron chi connectivity index (χ2n) is 7.94. The Hall–Kier alpha value is -2.92. The molecule has 0 aliphatic carbocycles. The molecule has 0 bridgehead atoms. The molecule has 29 heavy (non-hydrogen) atoms. The van der Waals surface area contributed by atoms with Gasteiger partial charge >= 0.3 is 0 Å². The molecule has 1 aromatic heterocycles. The zero-order valence-electron chi connectivity index (χ0n) is 17.5. The van der Waals surface area contributed by atoms with Crippen molar-refractivity contribution >= 4 is 17.5 Å². The first-order valence-electron chi connectivity index (χ1n) is 10.3. The van der Waals surface area contributed by atoms with E-state index in [1.807, 2.05) is 6.07 Å². The van der Waals surface area contributed by atoms with Crippen LogP contribution in [0.15, 0.2) is 60.7 Å². The Kier molecular flexibility index (Phi) is 5.76. The smallest absolute Gasteiger partial charge is 0.232 e. The van der Waals surface area contributed by atoms with Gasteiger partial charge in [0.05, 0.1) is 5.69 Å². The van der Waals surface area contributed by atoms with E-state index in [9.17, 15) is 0 Å². The first-order chi connectivity index (χ1) is 14.1. The lowest BCUT2D eigenvalue weighted by Crippen LogP contribution is -2.26. The number of hydrogen-bond donors (Lipinski definition) is 1. The van der Waals surface area contributed by atoms with Crippen LogP contribution in [0.25, 0.3) is 11.3 Å². The highest BCUT2D eigenvalue weighted by Crippen LogP contribution is 2.37. The third-order valence-electron chi connectivity index (χ3n) is 5.29. The maximum absolute atomic E-state index is 4.96. The third kappa shape index (κ3) is 4.40. The second-order valence-corrected chi connectivity index (χ2v) is 7.94. The Bertz CT molecular complexity index is 954. The monoisotopic (exact) mass is 387 g/mol. The number of nitrogens with zero attached hydrogens (tertiary/aromatic N) is 4. The number of nitrogens with one attached hydrogen (secondary N) is 1. The van der Waals surface area contributed by atoms with Crippen LogP contribution in [0, 0.1) is 0 Å². The van der Waals surface area contributed by atoms with Crippen LogP contribution in [0.1, 0.15) is 18.9 Å². The van der Waals surface area contributed by atoms with Crippen LogP contribution in [0.5, 0.6) is 0 Å². The van der Waals surface area contributed by atoms with Crippen molar-refractivity contribution in [2.24, 2.45) is 0 Å². The molecule has 1 N–H and O–H groups in total. The van der Waals surface area contributed by atoms with Gasteiger partial charge in [0.25, 0.3) is 0 Å². The van der Waals surface area contributed by atoms with Gasteiger partial charge in [-0.3, -0.25) is 0 Å². The summed E-state index contributed by atoms with van der Waals surface area (Å²) in [7, 11) is 4.20. The van der Waals surface area contributed by atoms with Gasteiger partial charge in [-0.1, -0.05) is 48.5 Å². The summed E-state index contributed by atoms with van der Waals surface area (Å²) in [6.45, 7) is 4.17. The summed E-state index contributed by atoms with van der Waals surface area (Å²) < 4.78 is 0. The van der Waals surface area contributed by atoms with Crippen LogP contribution >= 0.6 is 0 Å². The standard InChI is InChI=1S/C24H29N5/c1-18-16-20-12-7-8-13-22(20)29(18)24-26-21(19-10-5-4-6-11-19)17-23(27-24)25-14-9-15-28(2)3/h4-8,10-13,17-18H,9,14-16H2,1-3H3,(H,25,26,27). The first kappa shape index (κ1) is 19.4. The van der Waals surface area contributed by atoms with Crippen molar-refractivity contribution in [2.45, 2.75) is 25.8 Å². The van der Waals surface area contributed by atoms with Crippen LogP contribution in [-0.4, -0.2) is 48.1 Å². The van der Waals surface area contributed by atoms with Gasteiger partial charge in [-0.05, 0) is 52.0 Å². The molecule has 1 aliphatic rings. The highest BCUT2D eigenvalue weighted by Gasteiger charge is 2.29. The number of anilines is 3. The molecule has 1 atom stereocenters. The van der Waals surface area contributed by atoms with Gasteiger partial charge in [-0.25, -0.2) is 4.98 Å². The molecule has 0 fully saturated rings. The van der Waals surface area contributed by atoms with E-state index in [2.05, 4.69) is 90.7 Å². The molecule has 0 saturated heterocycles. The van der Waals surface area contributed by atoms with E-state index in [0.29, 0.717) is 6.04 Å². The topological polar surface area (TPSA) is 44.3 Å². The average Bonchev–Trinajstić information content (AvgIpc) is 3.07. The van der Waals surface area contributed by atoms with E-state index in [0.717, 1.165) is 49.0 Å². The predicted molar refractivity (Wildman–Crippen MR) is 121 cm³/mol. The van der Waals surface area contributed by atoms with E-state index in [4.69, 9.17) is 9.97 Å². The first-order valence-corrected chi connectivity index (χ1v) is 10.3. The SMILES string of the molecule is CC1Cc2ccccc2N1c1nc(NCCCN(C)C)cc(-c2ccccc2)n1. The minimum absolute atomic E-state index is 0.333. The fourth-order valence-corrected chi connectivity index (χ4v) is 3.87. The molecule has 5 nitrogen and oxygen atoms in total. The van der Waals surface area contributed by atoms with Crippen LogP contribution in [-0.2, 0) is 6.42 Å². The third-order valence-corrected chi connectivity index (χ3v) is 5.29. The molecule has 4 rings (SSSR count). The van der Waals surface area contributed by atoms with Crippen LogP contribution in [0.3, 0.4) is 0 Å². The molecule has 3 aromatic rings. The molecular formula is C24H29N5. The second kappa shape index (κ2) is 8.62. The van der Waals surface area contributed by atoms with Crippen molar-refractivity contribution in [2.75, 3.05) is 37.4 Å². The van der Waals surface area contributed by atoms with Gasteiger partial charge in [0.15, 0.2) is 0 Å². The summed E-state index contributed by atoms with van der Waals surface area (Å²) in [6.07, 6.45) is 2.08. The Labute approximate surface area is 173 Å². The fraction of sp³-hybridized carbons (Fsp3) is 0.333. The zero-order chi connectivity index (χ0) is 20.2. The predicted octanol–water partition coefficient (Wildman–Crippen LogP) is 4.59. The lowest BCUT2D eigenvalue weighted by molar-refractivity contribution is 0.405. The van der Waals surface area contributed by atoms with Gasteiger partial charge in [0.1, 0.15) is 5.82 Å². The molecule has 1 aliphatic heterocycles. The largest absolute Gasteiger partial charge is 0.370 e. The quantitative estimate of drug-likeness (QED) is 0.601. The fourth-order valence-electron chi connectivity index (χ4n) is 3.87. The highest BCUT2D eigenvalue weighted by molar-refractivity contribution is 5.71. The van der Waals surface area contributed by atoms with Gasteiger partial charge in [-0.2, -0.15) is 4.98 Å². The van der Waals surface area contributed by atoms with Crippen molar-refractivity contribution in [3.8, 4) is 11.3 Å². The normalized spacial score (nSPS) is 15.6. The number of benzene rings is 2. The minimum Gasteiger partial charge on any atom is -0.370 e. The Morgan fingerprint density at radius 3 is 2.59 bits per heavy atom. The number of rotatable bonds is 7.